The van der Waals surface area contributed by atoms with Crippen molar-refractivity contribution < 1.29 is 4.79 Å². The number of carbonyl (C=O) groups is 1. The van der Waals surface area contributed by atoms with E-state index >= 15 is 0 Å². The molecule has 0 bridgehead atoms. The van der Waals surface area contributed by atoms with Crippen molar-refractivity contribution in [2.75, 3.05) is 23.7 Å². The molecule has 25 heavy (non-hydrogen) atoms. The molecule has 132 valence electrons. The third kappa shape index (κ3) is 3.39. The number of nitrogens with zero attached hydrogens (tertiary/aromatic N) is 2. The molecule has 1 aromatic carbocycles. The van der Waals surface area contributed by atoms with Crippen LogP contribution in [0.2, 0.25) is 0 Å². The third-order valence-electron chi connectivity index (χ3n) is 5.14. The Bertz CT molecular complexity index is 797. The van der Waals surface area contributed by atoms with E-state index in [1.807, 2.05) is 13.0 Å². The number of benzene rings is 1. The quantitative estimate of drug-likeness (QED) is 0.800. The van der Waals surface area contributed by atoms with Gasteiger partial charge in [0.1, 0.15) is 5.82 Å². The van der Waals surface area contributed by atoms with E-state index in [4.69, 9.17) is 0 Å². The first-order valence-electron chi connectivity index (χ1n) is 9.03. The molecule has 2 aliphatic heterocycles. The van der Waals surface area contributed by atoms with Gasteiger partial charge >= 0.3 is 0 Å². The Morgan fingerprint density at radius 1 is 1.36 bits per heavy atom. The zero-order chi connectivity index (χ0) is 17.4. The Morgan fingerprint density at radius 3 is 3.12 bits per heavy atom. The Hall–Kier alpha value is -2.34. The van der Waals surface area contributed by atoms with Crippen LogP contribution in [0.5, 0.6) is 0 Å². The van der Waals surface area contributed by atoms with Crippen LogP contribution in [0.4, 0.5) is 11.5 Å². The van der Waals surface area contributed by atoms with Gasteiger partial charge in [0.15, 0.2) is 0 Å². The molecule has 3 heterocycles. The van der Waals surface area contributed by atoms with Crippen molar-refractivity contribution in [2.24, 2.45) is 5.92 Å². The maximum absolute atomic E-state index is 11.5. The minimum atomic E-state index is 0.115. The van der Waals surface area contributed by atoms with Crippen molar-refractivity contribution in [3.63, 3.8) is 0 Å². The van der Waals surface area contributed by atoms with Gasteiger partial charge in [-0.3, -0.25) is 4.79 Å². The van der Waals surface area contributed by atoms with E-state index < -0.39 is 0 Å². The number of anilines is 2. The molecule has 0 spiro atoms. The molecule has 2 atom stereocenters. The molecule has 0 radical (unpaired) electrons. The summed E-state index contributed by atoms with van der Waals surface area (Å²) in [5.74, 6) is 1.76. The third-order valence-corrected chi connectivity index (χ3v) is 5.14. The first kappa shape index (κ1) is 16.1. The molecule has 4 rings (SSSR count). The summed E-state index contributed by atoms with van der Waals surface area (Å²) in [7, 11) is 0. The van der Waals surface area contributed by atoms with E-state index in [1.54, 1.807) is 0 Å². The lowest BCUT2D eigenvalue weighted by Crippen LogP contribution is -2.36. The van der Waals surface area contributed by atoms with Gasteiger partial charge in [-0.15, -0.1) is 0 Å². The molecular formula is C19H25N5O. The van der Waals surface area contributed by atoms with Gasteiger partial charge in [0, 0.05) is 49.8 Å². The summed E-state index contributed by atoms with van der Waals surface area (Å²) >= 11 is 0. The second kappa shape index (κ2) is 6.52. The highest BCUT2D eigenvalue weighted by atomic mass is 16.1. The number of carbonyl (C=O) groups excluding carboxylic acids is 1. The van der Waals surface area contributed by atoms with Gasteiger partial charge in [0.25, 0.3) is 0 Å². The highest BCUT2D eigenvalue weighted by Gasteiger charge is 2.20. The fraction of sp³-hybridized carbons (Fsp3) is 0.474. The molecule has 0 unspecified atom stereocenters. The molecule has 6 heteroatoms. The molecule has 2 aliphatic rings. The number of amides is 1. The van der Waals surface area contributed by atoms with Gasteiger partial charge in [-0.25, -0.2) is 4.68 Å². The van der Waals surface area contributed by atoms with Gasteiger partial charge in [0.05, 0.1) is 5.69 Å². The van der Waals surface area contributed by atoms with E-state index in [9.17, 15) is 4.79 Å². The number of hydrogen-bond donors (Lipinski definition) is 3. The van der Waals surface area contributed by atoms with Crippen molar-refractivity contribution in [3.8, 4) is 0 Å². The molecule has 0 saturated heterocycles. The van der Waals surface area contributed by atoms with Crippen LogP contribution < -0.4 is 16.0 Å². The fourth-order valence-electron chi connectivity index (χ4n) is 3.66. The minimum Gasteiger partial charge on any atom is -0.370 e. The summed E-state index contributed by atoms with van der Waals surface area (Å²) in [6.45, 7) is 7.09. The Labute approximate surface area is 148 Å². The maximum atomic E-state index is 11.5. The monoisotopic (exact) mass is 339 g/mol. The Morgan fingerprint density at radius 2 is 2.24 bits per heavy atom. The molecule has 0 fully saturated rings. The second-order valence-electron chi connectivity index (χ2n) is 7.19. The van der Waals surface area contributed by atoms with Crippen LogP contribution in [0.25, 0.3) is 0 Å². The second-order valence-corrected chi connectivity index (χ2v) is 7.19. The molecular weight excluding hydrogens is 314 g/mol. The largest absolute Gasteiger partial charge is 0.370 e. The number of aryl methyl sites for hydroxylation is 2. The smallest absolute Gasteiger partial charge is 0.224 e. The zero-order valence-electron chi connectivity index (χ0n) is 14.8. The first-order valence-corrected chi connectivity index (χ1v) is 9.03. The van der Waals surface area contributed by atoms with Crippen LogP contribution >= 0.6 is 0 Å². The molecule has 1 amide bonds. The number of hydrogen-bond acceptors (Lipinski definition) is 4. The predicted molar refractivity (Wildman–Crippen MR) is 98.8 cm³/mol. The average Bonchev–Trinajstić information content (AvgIpc) is 2.98. The van der Waals surface area contributed by atoms with Gasteiger partial charge in [-0.05, 0) is 37.5 Å². The molecule has 6 nitrogen and oxygen atoms in total. The summed E-state index contributed by atoms with van der Waals surface area (Å²) in [5, 5.41) is 14.6. The van der Waals surface area contributed by atoms with E-state index in [1.165, 1.54) is 11.1 Å². The standard InChI is InChI=1S/C19H25N5O/c1-12-7-18-21-10-14(11-24(18)23-12)9-20-13(2)15-3-5-17-16(8-15)4-6-19(25)22-17/h3,5,7-8,13-14,20-21H,4,6,9-11H2,1-2H3,(H,22,25)/t13-,14+/m1/s1. The van der Waals surface area contributed by atoms with Crippen molar-refractivity contribution in [3.05, 3.63) is 41.1 Å². The van der Waals surface area contributed by atoms with Crippen LogP contribution in [0.1, 0.15) is 36.2 Å². The zero-order valence-corrected chi connectivity index (χ0v) is 14.8. The molecule has 0 saturated carbocycles. The summed E-state index contributed by atoms with van der Waals surface area (Å²) in [6.07, 6.45) is 1.41. The van der Waals surface area contributed by atoms with Crippen LogP contribution in [-0.4, -0.2) is 28.8 Å². The normalized spacial score (nSPS) is 20.2. The van der Waals surface area contributed by atoms with Gasteiger partial charge < -0.3 is 16.0 Å². The van der Waals surface area contributed by atoms with E-state index in [2.05, 4.69) is 50.9 Å². The molecule has 2 aromatic rings. The van der Waals surface area contributed by atoms with E-state index in [0.29, 0.717) is 12.3 Å². The van der Waals surface area contributed by atoms with Gasteiger partial charge in [-0.1, -0.05) is 12.1 Å². The van der Waals surface area contributed by atoms with Crippen molar-refractivity contribution in [1.29, 1.82) is 0 Å². The van der Waals surface area contributed by atoms with Crippen LogP contribution in [0.15, 0.2) is 24.3 Å². The average molecular weight is 339 g/mol. The topological polar surface area (TPSA) is 71.0 Å². The molecule has 3 N–H and O–H groups in total. The Balaban J connectivity index is 1.36. The SMILES string of the molecule is Cc1cc2n(n1)C[C@@H](CN[C@H](C)c1ccc3c(c1)CCC(=O)N3)CN2. The maximum Gasteiger partial charge on any atom is 0.224 e. The molecule has 0 aliphatic carbocycles. The Kier molecular flexibility index (Phi) is 4.21. The highest BCUT2D eigenvalue weighted by Crippen LogP contribution is 2.26. The highest BCUT2D eigenvalue weighted by molar-refractivity contribution is 5.93. The number of fused-ring (bicyclic) bond motifs is 2. The van der Waals surface area contributed by atoms with E-state index in [-0.39, 0.29) is 11.9 Å². The summed E-state index contributed by atoms with van der Waals surface area (Å²) < 4.78 is 2.07. The number of nitrogens with one attached hydrogen (secondary N) is 3. The van der Waals surface area contributed by atoms with Crippen molar-refractivity contribution >= 4 is 17.4 Å². The number of aromatic nitrogens is 2. The fourth-order valence-corrected chi connectivity index (χ4v) is 3.66. The lowest BCUT2D eigenvalue weighted by molar-refractivity contribution is -0.116. The lowest BCUT2D eigenvalue weighted by Gasteiger charge is -2.27. The van der Waals surface area contributed by atoms with Crippen LogP contribution in [0.3, 0.4) is 0 Å². The van der Waals surface area contributed by atoms with Crippen molar-refractivity contribution in [2.45, 2.75) is 39.3 Å². The minimum absolute atomic E-state index is 0.115. The lowest BCUT2D eigenvalue weighted by atomic mass is 9.97. The van der Waals surface area contributed by atoms with Gasteiger partial charge in [0.2, 0.25) is 5.91 Å². The van der Waals surface area contributed by atoms with Crippen LogP contribution in [-0.2, 0) is 17.8 Å². The van der Waals surface area contributed by atoms with Crippen LogP contribution in [0, 0.1) is 12.8 Å². The summed E-state index contributed by atoms with van der Waals surface area (Å²) in [4.78, 5) is 11.5. The van der Waals surface area contributed by atoms with E-state index in [0.717, 1.165) is 43.3 Å². The van der Waals surface area contributed by atoms with Gasteiger partial charge in [-0.2, -0.15) is 5.10 Å². The molecule has 1 aromatic heterocycles. The summed E-state index contributed by atoms with van der Waals surface area (Å²) in [6, 6.07) is 8.74. The van der Waals surface area contributed by atoms with Crippen molar-refractivity contribution in [1.82, 2.24) is 15.1 Å². The summed E-state index contributed by atoms with van der Waals surface area (Å²) in [5.41, 5.74) is 4.53. The predicted octanol–water partition coefficient (Wildman–Crippen LogP) is 2.47. The number of rotatable bonds is 4. The first-order chi connectivity index (χ1) is 12.1.